The van der Waals surface area contributed by atoms with Gasteiger partial charge in [-0.3, -0.25) is 4.68 Å². The molecule has 0 aliphatic heterocycles. The van der Waals surface area contributed by atoms with Crippen molar-refractivity contribution in [3.05, 3.63) is 47.8 Å². The molecular weight excluding hydrogens is 226 g/mol. The van der Waals surface area contributed by atoms with Gasteiger partial charge in [0.2, 0.25) is 0 Å². The first-order valence-electron chi connectivity index (χ1n) is 6.20. The topological polar surface area (TPSA) is 53.1 Å². The molecule has 4 heteroatoms. The first-order chi connectivity index (χ1) is 8.79. The molecule has 0 aliphatic carbocycles. The highest BCUT2D eigenvalue weighted by atomic mass is 16.5. The maximum atomic E-state index is 5.74. The molecule has 0 atom stereocenters. The van der Waals surface area contributed by atoms with E-state index in [0.717, 1.165) is 30.0 Å². The summed E-state index contributed by atoms with van der Waals surface area (Å²) in [5.74, 6) is 0.886. The molecule has 0 spiro atoms. The van der Waals surface area contributed by atoms with E-state index in [4.69, 9.17) is 10.5 Å². The summed E-state index contributed by atoms with van der Waals surface area (Å²) in [7, 11) is 0. The molecule has 0 saturated heterocycles. The second kappa shape index (κ2) is 6.21. The van der Waals surface area contributed by atoms with E-state index in [9.17, 15) is 0 Å². The third-order valence-corrected chi connectivity index (χ3v) is 2.76. The molecule has 0 saturated carbocycles. The van der Waals surface area contributed by atoms with Gasteiger partial charge in [0.15, 0.2) is 0 Å². The van der Waals surface area contributed by atoms with E-state index in [1.807, 2.05) is 48.1 Å². The first-order valence-corrected chi connectivity index (χ1v) is 6.20. The molecule has 2 aromatic rings. The van der Waals surface area contributed by atoms with Gasteiger partial charge in [0, 0.05) is 31.3 Å². The maximum absolute atomic E-state index is 5.74. The highest BCUT2D eigenvalue weighted by molar-refractivity contribution is 5.32. The Morgan fingerprint density at radius 2 is 2.11 bits per heavy atom. The van der Waals surface area contributed by atoms with Crippen LogP contribution in [0.4, 0.5) is 0 Å². The van der Waals surface area contributed by atoms with E-state index in [1.165, 1.54) is 0 Å². The summed E-state index contributed by atoms with van der Waals surface area (Å²) in [6.45, 7) is 4.05. The molecule has 96 valence electrons. The number of ether oxygens (including phenoxy) is 1. The van der Waals surface area contributed by atoms with Gasteiger partial charge in [-0.05, 0) is 19.1 Å². The molecule has 0 fully saturated rings. The van der Waals surface area contributed by atoms with Crippen LogP contribution in [0.2, 0.25) is 0 Å². The summed E-state index contributed by atoms with van der Waals surface area (Å²) in [6.07, 6.45) is 2.92. The molecule has 1 aromatic carbocycles. The number of hydrogen-bond acceptors (Lipinski definition) is 3. The third-order valence-electron chi connectivity index (χ3n) is 2.76. The van der Waals surface area contributed by atoms with Crippen LogP contribution in [0.3, 0.4) is 0 Å². The molecule has 18 heavy (non-hydrogen) atoms. The number of nitrogens with two attached hydrogens (primary N) is 1. The molecule has 0 aliphatic rings. The van der Waals surface area contributed by atoms with Crippen molar-refractivity contribution in [2.75, 3.05) is 6.61 Å². The van der Waals surface area contributed by atoms with E-state index in [2.05, 4.69) is 5.10 Å². The summed E-state index contributed by atoms with van der Waals surface area (Å²) >= 11 is 0. The van der Waals surface area contributed by atoms with Crippen LogP contribution in [-0.4, -0.2) is 16.4 Å². The van der Waals surface area contributed by atoms with Gasteiger partial charge in [-0.25, -0.2) is 0 Å². The van der Waals surface area contributed by atoms with Crippen LogP contribution in [0.1, 0.15) is 17.7 Å². The lowest BCUT2D eigenvalue weighted by molar-refractivity contribution is 0.296. The van der Waals surface area contributed by atoms with Crippen molar-refractivity contribution in [2.45, 2.75) is 26.4 Å². The van der Waals surface area contributed by atoms with Gasteiger partial charge < -0.3 is 10.5 Å². The van der Waals surface area contributed by atoms with E-state index in [0.29, 0.717) is 13.2 Å². The zero-order chi connectivity index (χ0) is 12.8. The average molecular weight is 245 g/mol. The summed E-state index contributed by atoms with van der Waals surface area (Å²) in [5.41, 5.74) is 7.75. The number of benzene rings is 1. The Bertz CT molecular complexity index is 493. The zero-order valence-corrected chi connectivity index (χ0v) is 10.7. The minimum atomic E-state index is 0.508. The summed E-state index contributed by atoms with van der Waals surface area (Å²) in [5, 5.41) is 4.33. The number of aryl methyl sites for hydroxylation is 2. The minimum absolute atomic E-state index is 0.508. The second-order valence-electron chi connectivity index (χ2n) is 4.23. The Morgan fingerprint density at radius 1 is 1.28 bits per heavy atom. The molecule has 1 heterocycles. The normalized spacial score (nSPS) is 10.6. The van der Waals surface area contributed by atoms with E-state index in [1.54, 1.807) is 0 Å². The summed E-state index contributed by atoms with van der Waals surface area (Å²) in [4.78, 5) is 0. The van der Waals surface area contributed by atoms with E-state index < -0.39 is 0 Å². The molecule has 4 nitrogen and oxygen atoms in total. The van der Waals surface area contributed by atoms with Crippen molar-refractivity contribution >= 4 is 0 Å². The van der Waals surface area contributed by atoms with Crippen LogP contribution in [0, 0.1) is 6.92 Å². The number of rotatable bonds is 6. The summed E-state index contributed by atoms with van der Waals surface area (Å²) < 4.78 is 7.67. The van der Waals surface area contributed by atoms with Crippen molar-refractivity contribution in [1.29, 1.82) is 0 Å². The largest absolute Gasteiger partial charge is 0.493 e. The SMILES string of the molecule is Cc1ccn(CCCOc2ccccc2CN)n1. The molecule has 0 radical (unpaired) electrons. The quantitative estimate of drug-likeness (QED) is 0.793. The van der Waals surface area contributed by atoms with Gasteiger partial charge in [0.1, 0.15) is 5.75 Å². The van der Waals surface area contributed by atoms with E-state index in [-0.39, 0.29) is 0 Å². The maximum Gasteiger partial charge on any atom is 0.123 e. The predicted octanol–water partition coefficient (Wildman–Crippen LogP) is 2.12. The Morgan fingerprint density at radius 3 is 2.83 bits per heavy atom. The molecule has 1 aromatic heterocycles. The van der Waals surface area contributed by atoms with Crippen molar-refractivity contribution in [3.63, 3.8) is 0 Å². The molecule has 0 unspecified atom stereocenters. The highest BCUT2D eigenvalue weighted by Gasteiger charge is 2.00. The average Bonchev–Trinajstić information content (AvgIpc) is 2.81. The lowest BCUT2D eigenvalue weighted by atomic mass is 10.2. The lowest BCUT2D eigenvalue weighted by Crippen LogP contribution is -2.07. The number of nitrogens with zero attached hydrogens (tertiary/aromatic N) is 2. The van der Waals surface area contributed by atoms with Crippen LogP contribution >= 0.6 is 0 Å². The number of para-hydroxylation sites is 1. The fourth-order valence-electron chi connectivity index (χ4n) is 1.81. The zero-order valence-electron chi connectivity index (χ0n) is 10.7. The molecule has 0 amide bonds. The van der Waals surface area contributed by atoms with Gasteiger partial charge >= 0.3 is 0 Å². The Kier molecular flexibility index (Phi) is 4.36. The first kappa shape index (κ1) is 12.6. The molecule has 0 bridgehead atoms. The van der Waals surface area contributed by atoms with E-state index >= 15 is 0 Å². The number of aromatic nitrogens is 2. The van der Waals surface area contributed by atoms with Crippen LogP contribution in [0.5, 0.6) is 5.75 Å². The third kappa shape index (κ3) is 3.34. The Labute approximate surface area is 107 Å². The van der Waals surface area contributed by atoms with Crippen molar-refractivity contribution < 1.29 is 4.74 Å². The van der Waals surface area contributed by atoms with Crippen molar-refractivity contribution in [1.82, 2.24) is 9.78 Å². The fraction of sp³-hybridized carbons (Fsp3) is 0.357. The van der Waals surface area contributed by atoms with Crippen molar-refractivity contribution in [2.24, 2.45) is 5.73 Å². The summed E-state index contributed by atoms with van der Waals surface area (Å²) in [6, 6.07) is 9.89. The minimum Gasteiger partial charge on any atom is -0.493 e. The van der Waals surface area contributed by atoms with Crippen LogP contribution in [0.15, 0.2) is 36.5 Å². The van der Waals surface area contributed by atoms with Gasteiger partial charge in [0.05, 0.1) is 12.3 Å². The molecule has 2 rings (SSSR count). The van der Waals surface area contributed by atoms with Gasteiger partial charge in [0.25, 0.3) is 0 Å². The highest BCUT2D eigenvalue weighted by Crippen LogP contribution is 2.17. The van der Waals surface area contributed by atoms with Gasteiger partial charge in [-0.2, -0.15) is 5.10 Å². The molecular formula is C14H19N3O. The van der Waals surface area contributed by atoms with Gasteiger partial charge in [-0.1, -0.05) is 18.2 Å². The fourth-order valence-corrected chi connectivity index (χ4v) is 1.81. The predicted molar refractivity (Wildman–Crippen MR) is 71.4 cm³/mol. The van der Waals surface area contributed by atoms with Gasteiger partial charge in [-0.15, -0.1) is 0 Å². The Balaban J connectivity index is 1.78. The van der Waals surface area contributed by atoms with Crippen LogP contribution < -0.4 is 10.5 Å². The van der Waals surface area contributed by atoms with Crippen LogP contribution in [0.25, 0.3) is 0 Å². The monoisotopic (exact) mass is 245 g/mol. The lowest BCUT2D eigenvalue weighted by Gasteiger charge is -2.10. The standard InChI is InChI=1S/C14H19N3O/c1-12-7-9-17(16-12)8-4-10-18-14-6-3-2-5-13(14)11-15/h2-3,5-7,9H,4,8,10-11,15H2,1H3. The second-order valence-corrected chi connectivity index (χ2v) is 4.23. The smallest absolute Gasteiger partial charge is 0.123 e. The Hall–Kier alpha value is -1.81. The van der Waals surface area contributed by atoms with Crippen LogP contribution in [-0.2, 0) is 13.1 Å². The van der Waals surface area contributed by atoms with Crippen molar-refractivity contribution in [3.8, 4) is 5.75 Å². The molecule has 2 N–H and O–H groups in total. The number of hydrogen-bond donors (Lipinski definition) is 1.